The molecule has 1 aromatic carbocycles. The number of aromatic hydroxyl groups is 1. The Morgan fingerprint density at radius 3 is 2.00 bits per heavy atom. The summed E-state index contributed by atoms with van der Waals surface area (Å²) in [5.74, 6) is 0.426. The van der Waals surface area contributed by atoms with Crippen molar-refractivity contribution in [3.05, 3.63) is 24.3 Å². The molecule has 0 spiro atoms. The first-order chi connectivity index (χ1) is 5.02. The maximum atomic E-state index is 9.47. The third-order valence-electron chi connectivity index (χ3n) is 1.52. The van der Waals surface area contributed by atoms with Crippen molar-refractivity contribution in [3.63, 3.8) is 0 Å². The number of phenolic OH excluding ortho intramolecular Hbond substituents is 1. The number of hydrogen-bond acceptors (Lipinski definition) is 1. The third kappa shape index (κ3) is 1.90. The highest BCUT2D eigenvalue weighted by molar-refractivity contribution is 8.32. The van der Waals surface area contributed by atoms with Gasteiger partial charge in [0.25, 0.3) is 0 Å². The van der Waals surface area contributed by atoms with Crippen molar-refractivity contribution >= 4 is 10.0 Å². The summed E-state index contributed by atoms with van der Waals surface area (Å²) in [5.41, 5.74) is 0. The predicted molar refractivity (Wildman–Crippen MR) is 51.7 cm³/mol. The molecule has 0 fully saturated rings. The predicted octanol–water partition coefficient (Wildman–Crippen LogP) is 2.45. The fraction of sp³-hybridized carbons (Fsp3) is 0.333. The van der Waals surface area contributed by atoms with Gasteiger partial charge >= 0.3 is 0 Å². The second-order valence-electron chi connectivity index (χ2n) is 3.30. The smallest absolute Gasteiger partial charge is 0.127 e. The van der Waals surface area contributed by atoms with E-state index in [4.69, 9.17) is 0 Å². The van der Waals surface area contributed by atoms with Crippen LogP contribution in [0, 0.1) is 0 Å². The minimum absolute atomic E-state index is 0.426. The lowest BCUT2D eigenvalue weighted by atomic mass is 10.3. The first-order valence-electron chi connectivity index (χ1n) is 3.48. The quantitative estimate of drug-likeness (QED) is 0.686. The fourth-order valence-corrected chi connectivity index (χ4v) is 2.16. The number of hydrogen-bond donors (Lipinski definition) is 1. The maximum absolute atomic E-state index is 9.47. The second kappa shape index (κ2) is 2.78. The van der Waals surface area contributed by atoms with E-state index in [2.05, 4.69) is 18.8 Å². The average Bonchev–Trinajstić information content (AvgIpc) is 1.86. The zero-order valence-corrected chi connectivity index (χ0v) is 7.98. The zero-order chi connectivity index (χ0) is 8.48. The van der Waals surface area contributed by atoms with Crippen molar-refractivity contribution in [2.24, 2.45) is 0 Å². The molecule has 1 N–H and O–H groups in total. The van der Waals surface area contributed by atoms with Crippen molar-refractivity contribution in [3.8, 4) is 5.75 Å². The molecular weight excluding hydrogens is 156 g/mol. The van der Waals surface area contributed by atoms with Gasteiger partial charge < -0.3 is 5.11 Å². The summed E-state index contributed by atoms with van der Waals surface area (Å²) in [6, 6.07) is 7.55. The Labute approximate surface area is 69.4 Å². The molecule has 1 aromatic rings. The molecule has 0 saturated carbocycles. The monoisotopic (exact) mass is 170 g/mol. The first kappa shape index (κ1) is 8.47. The highest BCUT2D eigenvalue weighted by Crippen LogP contribution is 2.49. The van der Waals surface area contributed by atoms with Gasteiger partial charge in [-0.25, -0.2) is 10.0 Å². The van der Waals surface area contributed by atoms with Crippen LogP contribution in [-0.4, -0.2) is 23.9 Å². The van der Waals surface area contributed by atoms with Crippen LogP contribution in [0.2, 0.25) is 0 Å². The largest absolute Gasteiger partial charge is 0.507 e. The van der Waals surface area contributed by atoms with Crippen LogP contribution in [0.1, 0.15) is 0 Å². The number of benzene rings is 1. The lowest BCUT2D eigenvalue weighted by Gasteiger charge is -2.26. The van der Waals surface area contributed by atoms with Gasteiger partial charge in [-0.15, -0.1) is 0 Å². The Kier molecular flexibility index (Phi) is 2.14. The Bertz CT molecular complexity index is 250. The molecule has 0 saturated heterocycles. The van der Waals surface area contributed by atoms with E-state index in [9.17, 15) is 5.11 Å². The van der Waals surface area contributed by atoms with E-state index >= 15 is 0 Å². The minimum atomic E-state index is -0.783. The number of phenols is 1. The van der Waals surface area contributed by atoms with Crippen molar-refractivity contribution in [2.45, 2.75) is 4.90 Å². The van der Waals surface area contributed by atoms with Gasteiger partial charge in [0.05, 0.1) is 0 Å². The van der Waals surface area contributed by atoms with Gasteiger partial charge in [0.2, 0.25) is 0 Å². The number of rotatable bonds is 1. The Hall–Kier alpha value is -0.630. The van der Waals surface area contributed by atoms with Crippen molar-refractivity contribution in [1.29, 1.82) is 0 Å². The maximum Gasteiger partial charge on any atom is 0.127 e. The first-order valence-corrected chi connectivity index (χ1v) is 6.34. The van der Waals surface area contributed by atoms with Gasteiger partial charge in [0, 0.05) is 4.90 Å². The number of para-hydroxylation sites is 1. The van der Waals surface area contributed by atoms with Gasteiger partial charge in [-0.2, -0.15) is 0 Å². The fourth-order valence-electron chi connectivity index (χ4n) is 0.975. The van der Waals surface area contributed by atoms with E-state index in [0.29, 0.717) is 5.75 Å². The molecular formula is C9H14OS. The topological polar surface area (TPSA) is 20.2 Å². The van der Waals surface area contributed by atoms with E-state index < -0.39 is 10.0 Å². The molecule has 0 aromatic heterocycles. The van der Waals surface area contributed by atoms with Gasteiger partial charge in [-0.3, -0.25) is 0 Å². The summed E-state index contributed by atoms with van der Waals surface area (Å²) in [5, 5.41) is 9.47. The summed E-state index contributed by atoms with van der Waals surface area (Å²) in [7, 11) is -0.783. The van der Waals surface area contributed by atoms with E-state index in [1.807, 2.05) is 18.2 Å². The van der Waals surface area contributed by atoms with Crippen LogP contribution in [0.15, 0.2) is 29.2 Å². The summed E-state index contributed by atoms with van der Waals surface area (Å²) >= 11 is 0. The van der Waals surface area contributed by atoms with E-state index in [0.717, 1.165) is 4.90 Å². The molecule has 62 valence electrons. The molecule has 1 rings (SSSR count). The van der Waals surface area contributed by atoms with E-state index in [1.54, 1.807) is 6.07 Å². The van der Waals surface area contributed by atoms with Crippen LogP contribution in [0.25, 0.3) is 0 Å². The molecule has 0 unspecified atom stereocenters. The van der Waals surface area contributed by atoms with Crippen LogP contribution in [0.5, 0.6) is 5.75 Å². The Morgan fingerprint density at radius 2 is 1.64 bits per heavy atom. The van der Waals surface area contributed by atoms with Gasteiger partial charge in [-0.1, -0.05) is 12.1 Å². The van der Waals surface area contributed by atoms with Gasteiger partial charge in [-0.05, 0) is 30.9 Å². The van der Waals surface area contributed by atoms with Crippen LogP contribution >= 0.6 is 10.0 Å². The molecule has 2 heteroatoms. The molecule has 1 nitrogen and oxygen atoms in total. The van der Waals surface area contributed by atoms with Gasteiger partial charge in [0.1, 0.15) is 5.75 Å². The molecule has 0 aliphatic heterocycles. The van der Waals surface area contributed by atoms with Crippen LogP contribution in [-0.2, 0) is 0 Å². The summed E-state index contributed by atoms with van der Waals surface area (Å²) in [6.45, 7) is 0. The summed E-state index contributed by atoms with van der Waals surface area (Å²) in [4.78, 5) is 1.08. The van der Waals surface area contributed by atoms with Crippen LogP contribution in [0.4, 0.5) is 0 Å². The highest BCUT2D eigenvalue weighted by atomic mass is 32.3. The molecule has 0 radical (unpaired) electrons. The molecule has 0 bridgehead atoms. The Morgan fingerprint density at radius 1 is 1.09 bits per heavy atom. The minimum Gasteiger partial charge on any atom is -0.507 e. The average molecular weight is 170 g/mol. The lowest BCUT2D eigenvalue weighted by Crippen LogP contribution is -1.92. The normalized spacial score (nSPS) is 13.0. The van der Waals surface area contributed by atoms with Crippen molar-refractivity contribution in [2.75, 3.05) is 18.8 Å². The molecule has 0 atom stereocenters. The molecule has 11 heavy (non-hydrogen) atoms. The van der Waals surface area contributed by atoms with Crippen LogP contribution in [0.3, 0.4) is 0 Å². The summed E-state index contributed by atoms with van der Waals surface area (Å²) in [6.07, 6.45) is 6.51. The lowest BCUT2D eigenvalue weighted by molar-refractivity contribution is 0.462. The van der Waals surface area contributed by atoms with Crippen molar-refractivity contribution < 1.29 is 5.11 Å². The molecule has 0 heterocycles. The van der Waals surface area contributed by atoms with Gasteiger partial charge in [0.15, 0.2) is 0 Å². The molecule has 0 aliphatic rings. The third-order valence-corrected chi connectivity index (χ3v) is 3.19. The van der Waals surface area contributed by atoms with E-state index in [-0.39, 0.29) is 0 Å². The van der Waals surface area contributed by atoms with E-state index in [1.165, 1.54) is 0 Å². The summed E-state index contributed by atoms with van der Waals surface area (Å²) < 4.78 is 0. The van der Waals surface area contributed by atoms with Crippen LogP contribution < -0.4 is 0 Å². The standard InChI is InChI=1S/C9H14OS/c1-11(2,3)9-7-5-4-6-8(9)10/h4-7,10H,1-3H3. The molecule has 0 amide bonds. The van der Waals surface area contributed by atoms with Crippen molar-refractivity contribution in [1.82, 2.24) is 0 Å². The Balaban J connectivity index is 3.14. The molecule has 0 aliphatic carbocycles. The second-order valence-corrected chi connectivity index (χ2v) is 7.42. The SMILES string of the molecule is CS(C)(C)c1ccccc1O. The zero-order valence-electron chi connectivity index (χ0n) is 7.16. The highest BCUT2D eigenvalue weighted by Gasteiger charge is 2.10.